The summed E-state index contributed by atoms with van der Waals surface area (Å²) in [6, 6.07) is 15.7. The fraction of sp³-hybridized carbons (Fsp3) is 0.316. The number of carbonyl (C=O) groups is 1. The molecule has 3 heteroatoms. The van der Waals surface area contributed by atoms with Crippen LogP contribution in [0.5, 0.6) is 0 Å². The highest BCUT2D eigenvalue weighted by molar-refractivity contribution is 6.01. The van der Waals surface area contributed by atoms with Crippen LogP contribution in [0.15, 0.2) is 54.6 Å². The van der Waals surface area contributed by atoms with Gasteiger partial charge < -0.3 is 4.90 Å². The minimum Gasteiger partial charge on any atom is -0.302 e. The van der Waals surface area contributed by atoms with Crippen LogP contribution in [-0.2, 0) is 0 Å². The van der Waals surface area contributed by atoms with E-state index in [9.17, 15) is 9.18 Å². The maximum Gasteiger partial charge on any atom is 0.171 e. The van der Waals surface area contributed by atoms with Crippen LogP contribution < -0.4 is 0 Å². The molecular weight excluding hydrogens is 277 g/mol. The zero-order valence-corrected chi connectivity index (χ0v) is 12.5. The molecule has 0 unspecified atom stereocenters. The average Bonchev–Trinajstić information content (AvgIpc) is 3.06. The molecular formula is C19H20FNO. The molecule has 0 radical (unpaired) electrons. The predicted molar refractivity (Wildman–Crippen MR) is 85.6 cm³/mol. The molecule has 2 aromatic carbocycles. The van der Waals surface area contributed by atoms with Gasteiger partial charge in [-0.1, -0.05) is 42.5 Å². The lowest BCUT2D eigenvalue weighted by molar-refractivity contribution is 0.0939. The minimum atomic E-state index is -0.309. The molecule has 114 valence electrons. The maximum atomic E-state index is 13.6. The van der Waals surface area contributed by atoms with Gasteiger partial charge in [-0.3, -0.25) is 4.79 Å². The smallest absolute Gasteiger partial charge is 0.171 e. The number of ketones is 1. The Kier molecular flexibility index (Phi) is 4.64. The fourth-order valence-electron chi connectivity index (χ4n) is 3.09. The second-order valence-corrected chi connectivity index (χ2v) is 5.85. The molecule has 2 aromatic rings. The summed E-state index contributed by atoms with van der Waals surface area (Å²) in [5, 5.41) is 0. The van der Waals surface area contributed by atoms with Crippen LogP contribution in [0.25, 0.3) is 0 Å². The number of Topliss-reactive ketones (excluding diaryl/α,β-unsaturated/α-hetero) is 1. The normalized spacial score (nSPS) is 16.6. The number of rotatable bonds is 5. The molecule has 1 fully saturated rings. The molecule has 2 nitrogen and oxygen atoms in total. The molecule has 1 aliphatic heterocycles. The highest BCUT2D eigenvalue weighted by Gasteiger charge is 2.26. The molecule has 0 aliphatic carbocycles. The lowest BCUT2D eigenvalue weighted by Gasteiger charge is -2.23. The van der Waals surface area contributed by atoms with E-state index >= 15 is 0 Å². The van der Waals surface area contributed by atoms with E-state index in [2.05, 4.69) is 4.90 Å². The molecule has 0 saturated carbocycles. The van der Waals surface area contributed by atoms with Gasteiger partial charge in [-0.05, 0) is 43.6 Å². The van der Waals surface area contributed by atoms with Crippen molar-refractivity contribution in [1.82, 2.24) is 4.90 Å². The third kappa shape index (κ3) is 3.42. The second kappa shape index (κ2) is 6.84. The van der Waals surface area contributed by atoms with Crippen molar-refractivity contribution in [1.29, 1.82) is 0 Å². The van der Waals surface area contributed by atoms with Gasteiger partial charge in [-0.25, -0.2) is 4.39 Å². The van der Waals surface area contributed by atoms with E-state index in [-0.39, 0.29) is 17.5 Å². The summed E-state index contributed by atoms with van der Waals surface area (Å²) in [5.74, 6) is -0.529. The zero-order valence-electron chi connectivity index (χ0n) is 12.5. The minimum absolute atomic E-state index is 0.0677. The van der Waals surface area contributed by atoms with Gasteiger partial charge in [-0.15, -0.1) is 0 Å². The van der Waals surface area contributed by atoms with Crippen LogP contribution in [0.1, 0.15) is 34.7 Å². The summed E-state index contributed by atoms with van der Waals surface area (Å²) in [7, 11) is 0. The van der Waals surface area contributed by atoms with Gasteiger partial charge in [0.1, 0.15) is 5.82 Å². The number of benzene rings is 2. The van der Waals surface area contributed by atoms with E-state index < -0.39 is 0 Å². The highest BCUT2D eigenvalue weighted by atomic mass is 19.1. The standard InChI is InChI=1S/C19H20FNO/c20-17-10-6-9-16(13-17)18(14-21-11-4-5-12-21)19(22)15-7-2-1-3-8-15/h1-3,6-10,13,18H,4-5,11-12,14H2/t18-/m0/s1. The SMILES string of the molecule is O=C(c1ccccc1)[C@@H](CN1CCCC1)c1cccc(F)c1. The van der Waals surface area contributed by atoms with Crippen LogP contribution in [0.3, 0.4) is 0 Å². The maximum absolute atomic E-state index is 13.6. The summed E-state index contributed by atoms with van der Waals surface area (Å²) < 4.78 is 13.6. The molecule has 1 atom stereocenters. The lowest BCUT2D eigenvalue weighted by Crippen LogP contribution is -2.30. The van der Waals surface area contributed by atoms with Crippen molar-refractivity contribution in [3.05, 3.63) is 71.5 Å². The quantitative estimate of drug-likeness (QED) is 0.780. The molecule has 0 bridgehead atoms. The van der Waals surface area contributed by atoms with Gasteiger partial charge in [-0.2, -0.15) is 0 Å². The van der Waals surface area contributed by atoms with E-state index in [0.717, 1.165) is 18.7 Å². The first-order valence-corrected chi connectivity index (χ1v) is 7.81. The molecule has 1 aliphatic rings. The van der Waals surface area contributed by atoms with Crippen LogP contribution in [0.4, 0.5) is 4.39 Å². The number of likely N-dealkylation sites (tertiary alicyclic amines) is 1. The van der Waals surface area contributed by atoms with E-state index in [0.29, 0.717) is 12.1 Å². The van der Waals surface area contributed by atoms with Crippen molar-refractivity contribution >= 4 is 5.78 Å². The Balaban J connectivity index is 1.89. The highest BCUT2D eigenvalue weighted by Crippen LogP contribution is 2.24. The van der Waals surface area contributed by atoms with E-state index in [1.165, 1.54) is 25.0 Å². The van der Waals surface area contributed by atoms with Crippen LogP contribution in [-0.4, -0.2) is 30.3 Å². The third-order valence-corrected chi connectivity index (χ3v) is 4.27. The summed E-state index contributed by atoms with van der Waals surface area (Å²) in [5.41, 5.74) is 1.46. The first-order chi connectivity index (χ1) is 10.7. The number of carbonyl (C=O) groups excluding carboxylic acids is 1. The number of hydrogen-bond acceptors (Lipinski definition) is 2. The average molecular weight is 297 g/mol. The topological polar surface area (TPSA) is 20.3 Å². The Morgan fingerprint density at radius 3 is 2.45 bits per heavy atom. The Labute approximate surface area is 130 Å². The zero-order chi connectivity index (χ0) is 15.4. The van der Waals surface area contributed by atoms with Gasteiger partial charge in [0.05, 0.1) is 5.92 Å². The molecule has 0 amide bonds. The van der Waals surface area contributed by atoms with Gasteiger partial charge in [0.25, 0.3) is 0 Å². The Bertz CT molecular complexity index is 635. The van der Waals surface area contributed by atoms with Gasteiger partial charge in [0.15, 0.2) is 5.78 Å². The molecule has 1 heterocycles. The van der Waals surface area contributed by atoms with Crippen molar-refractivity contribution in [2.24, 2.45) is 0 Å². The lowest BCUT2D eigenvalue weighted by atomic mass is 9.90. The first kappa shape index (κ1) is 14.9. The largest absolute Gasteiger partial charge is 0.302 e. The molecule has 0 aromatic heterocycles. The fourth-order valence-corrected chi connectivity index (χ4v) is 3.09. The first-order valence-electron chi connectivity index (χ1n) is 7.81. The molecule has 0 N–H and O–H groups in total. The summed E-state index contributed by atoms with van der Waals surface area (Å²) in [6.45, 7) is 2.71. The summed E-state index contributed by atoms with van der Waals surface area (Å²) in [6.07, 6.45) is 2.35. The van der Waals surface area contributed by atoms with Crippen molar-refractivity contribution in [3.8, 4) is 0 Å². The Morgan fingerprint density at radius 1 is 1.05 bits per heavy atom. The number of nitrogens with zero attached hydrogens (tertiary/aromatic N) is 1. The van der Waals surface area contributed by atoms with Crippen molar-refractivity contribution < 1.29 is 9.18 Å². The Hall–Kier alpha value is -2.00. The van der Waals surface area contributed by atoms with Gasteiger partial charge in [0.2, 0.25) is 0 Å². The predicted octanol–water partition coefficient (Wildman–Crippen LogP) is 3.89. The summed E-state index contributed by atoms with van der Waals surface area (Å²) >= 11 is 0. The second-order valence-electron chi connectivity index (χ2n) is 5.85. The van der Waals surface area contributed by atoms with Crippen molar-refractivity contribution in [2.45, 2.75) is 18.8 Å². The Morgan fingerprint density at radius 2 is 1.77 bits per heavy atom. The van der Waals surface area contributed by atoms with Crippen molar-refractivity contribution in [2.75, 3.05) is 19.6 Å². The van der Waals surface area contributed by atoms with Crippen LogP contribution in [0.2, 0.25) is 0 Å². The molecule has 3 rings (SSSR count). The van der Waals surface area contributed by atoms with E-state index in [1.807, 2.05) is 36.4 Å². The molecule has 1 saturated heterocycles. The molecule has 0 spiro atoms. The number of halogens is 1. The van der Waals surface area contributed by atoms with Gasteiger partial charge in [0, 0.05) is 12.1 Å². The van der Waals surface area contributed by atoms with E-state index in [4.69, 9.17) is 0 Å². The van der Waals surface area contributed by atoms with Gasteiger partial charge >= 0.3 is 0 Å². The van der Waals surface area contributed by atoms with Crippen molar-refractivity contribution in [3.63, 3.8) is 0 Å². The van der Waals surface area contributed by atoms with E-state index in [1.54, 1.807) is 6.07 Å². The molecule has 22 heavy (non-hydrogen) atoms. The van der Waals surface area contributed by atoms with Crippen LogP contribution in [0, 0.1) is 5.82 Å². The number of hydrogen-bond donors (Lipinski definition) is 0. The van der Waals surface area contributed by atoms with Crippen LogP contribution >= 0.6 is 0 Å². The third-order valence-electron chi connectivity index (χ3n) is 4.27. The monoisotopic (exact) mass is 297 g/mol. The summed E-state index contributed by atoms with van der Waals surface area (Å²) in [4.78, 5) is 15.2.